The molecular weight excluding hydrogens is 438 g/mol. The summed E-state index contributed by atoms with van der Waals surface area (Å²) in [5.74, 6) is -0.569. The highest BCUT2D eigenvalue weighted by Crippen LogP contribution is 2.23. The predicted octanol–water partition coefficient (Wildman–Crippen LogP) is 2.30. The molecule has 0 saturated carbocycles. The molecule has 1 N–H and O–H groups in total. The maximum Gasteiger partial charge on any atom is 0.245 e. The van der Waals surface area contributed by atoms with Gasteiger partial charge in [0.25, 0.3) is 0 Å². The molecule has 0 fully saturated rings. The second kappa shape index (κ2) is 8.70. The number of carbonyl (C=O) groups is 1. The standard InChI is InChI=1S/C18H22ClN3O5S2/c1-13-5-6-14(11-17(13)19)20-18(23)12-22(28(4,24)25)15-7-9-16(10-8-15)29(26,27)21(2)3/h5-11H,12H2,1-4H3,(H,20,23). The Bertz CT molecular complexity index is 1110. The molecule has 158 valence electrons. The number of nitrogens with one attached hydrogen (secondary N) is 1. The van der Waals surface area contributed by atoms with E-state index in [1.807, 2.05) is 6.92 Å². The number of nitrogens with zero attached hydrogens (tertiary/aromatic N) is 2. The first-order valence-corrected chi connectivity index (χ1v) is 12.1. The summed E-state index contributed by atoms with van der Waals surface area (Å²) in [7, 11) is -4.66. The van der Waals surface area contributed by atoms with Crippen LogP contribution < -0.4 is 9.62 Å². The molecule has 0 saturated heterocycles. The van der Waals surface area contributed by atoms with E-state index in [1.54, 1.807) is 18.2 Å². The van der Waals surface area contributed by atoms with Gasteiger partial charge in [-0.2, -0.15) is 0 Å². The fraction of sp³-hybridized carbons (Fsp3) is 0.278. The number of anilines is 2. The fourth-order valence-electron chi connectivity index (χ4n) is 2.40. The minimum absolute atomic E-state index is 0.0125. The van der Waals surface area contributed by atoms with E-state index in [0.29, 0.717) is 10.7 Å². The highest BCUT2D eigenvalue weighted by molar-refractivity contribution is 7.92. The molecule has 0 aliphatic heterocycles. The van der Waals surface area contributed by atoms with Crippen LogP contribution in [0.15, 0.2) is 47.4 Å². The molecule has 29 heavy (non-hydrogen) atoms. The minimum atomic E-state index is -3.80. The quantitative estimate of drug-likeness (QED) is 0.684. The van der Waals surface area contributed by atoms with Gasteiger partial charge in [-0.3, -0.25) is 9.10 Å². The SMILES string of the molecule is Cc1ccc(NC(=O)CN(c2ccc(S(=O)(=O)N(C)C)cc2)S(C)(=O)=O)cc1Cl. The average molecular weight is 460 g/mol. The molecule has 0 bridgehead atoms. The summed E-state index contributed by atoms with van der Waals surface area (Å²) >= 11 is 6.04. The van der Waals surface area contributed by atoms with E-state index in [0.717, 1.165) is 20.4 Å². The second-order valence-electron chi connectivity index (χ2n) is 6.56. The number of hydrogen-bond acceptors (Lipinski definition) is 5. The lowest BCUT2D eigenvalue weighted by Crippen LogP contribution is -2.37. The van der Waals surface area contributed by atoms with Gasteiger partial charge >= 0.3 is 0 Å². The third-order valence-corrected chi connectivity index (χ3v) is 7.42. The van der Waals surface area contributed by atoms with Crippen LogP contribution in [-0.2, 0) is 24.8 Å². The van der Waals surface area contributed by atoms with Crippen molar-refractivity contribution in [3.63, 3.8) is 0 Å². The van der Waals surface area contributed by atoms with Crippen LogP contribution in [0.3, 0.4) is 0 Å². The Morgan fingerprint density at radius 2 is 1.62 bits per heavy atom. The van der Waals surface area contributed by atoms with E-state index in [2.05, 4.69) is 5.32 Å². The van der Waals surface area contributed by atoms with Crippen molar-refractivity contribution in [2.45, 2.75) is 11.8 Å². The summed E-state index contributed by atoms with van der Waals surface area (Å²) in [5.41, 5.74) is 1.45. The Morgan fingerprint density at radius 3 is 2.10 bits per heavy atom. The number of rotatable bonds is 7. The van der Waals surface area contributed by atoms with Crippen LogP contribution in [0.5, 0.6) is 0 Å². The number of sulfonamides is 2. The molecular formula is C18H22ClN3O5S2. The third kappa shape index (κ3) is 5.69. The molecule has 0 heterocycles. The maximum absolute atomic E-state index is 12.4. The Balaban J connectivity index is 2.26. The van der Waals surface area contributed by atoms with E-state index in [1.165, 1.54) is 38.4 Å². The van der Waals surface area contributed by atoms with Gasteiger partial charge in [0.2, 0.25) is 26.0 Å². The molecule has 0 aliphatic carbocycles. The van der Waals surface area contributed by atoms with Gasteiger partial charge in [-0.25, -0.2) is 21.1 Å². The monoisotopic (exact) mass is 459 g/mol. The summed E-state index contributed by atoms with van der Waals surface area (Å²) in [6.07, 6.45) is 0.966. The fourth-order valence-corrected chi connectivity index (χ4v) is 4.34. The predicted molar refractivity (Wildman–Crippen MR) is 114 cm³/mol. The molecule has 0 aromatic heterocycles. The third-order valence-electron chi connectivity index (χ3n) is 4.05. The van der Waals surface area contributed by atoms with Crippen LogP contribution >= 0.6 is 11.6 Å². The van der Waals surface area contributed by atoms with Gasteiger partial charge < -0.3 is 5.32 Å². The van der Waals surface area contributed by atoms with Crippen LogP contribution in [0, 0.1) is 6.92 Å². The van der Waals surface area contributed by atoms with Crippen molar-refractivity contribution in [2.75, 3.05) is 36.5 Å². The van der Waals surface area contributed by atoms with Crippen molar-refractivity contribution in [2.24, 2.45) is 0 Å². The van der Waals surface area contributed by atoms with Gasteiger partial charge in [-0.05, 0) is 48.9 Å². The van der Waals surface area contributed by atoms with Crippen molar-refractivity contribution >= 4 is 48.9 Å². The summed E-state index contributed by atoms with van der Waals surface area (Å²) < 4.78 is 50.7. The number of hydrogen-bond donors (Lipinski definition) is 1. The van der Waals surface area contributed by atoms with Crippen molar-refractivity contribution in [1.82, 2.24) is 4.31 Å². The van der Waals surface area contributed by atoms with Crippen LogP contribution in [0.2, 0.25) is 5.02 Å². The van der Waals surface area contributed by atoms with E-state index >= 15 is 0 Å². The summed E-state index contributed by atoms with van der Waals surface area (Å²) in [6, 6.07) is 10.2. The Labute approximate surface area is 176 Å². The molecule has 0 radical (unpaired) electrons. The first-order chi connectivity index (χ1) is 13.3. The lowest BCUT2D eigenvalue weighted by atomic mass is 10.2. The van der Waals surface area contributed by atoms with E-state index < -0.39 is 32.5 Å². The van der Waals surface area contributed by atoms with Crippen molar-refractivity contribution in [1.29, 1.82) is 0 Å². The van der Waals surface area contributed by atoms with Crippen LogP contribution in [-0.4, -0.2) is 53.9 Å². The van der Waals surface area contributed by atoms with E-state index in [4.69, 9.17) is 11.6 Å². The van der Waals surface area contributed by atoms with Crippen molar-refractivity contribution in [3.8, 4) is 0 Å². The summed E-state index contributed by atoms with van der Waals surface area (Å²) in [4.78, 5) is 12.4. The molecule has 0 aliphatic rings. The number of halogens is 1. The molecule has 2 aromatic rings. The minimum Gasteiger partial charge on any atom is -0.324 e. The Hall–Kier alpha value is -2.14. The van der Waals surface area contributed by atoms with Crippen LogP contribution in [0.25, 0.3) is 0 Å². The Kier molecular flexibility index (Phi) is 6.94. The van der Waals surface area contributed by atoms with Crippen molar-refractivity contribution < 1.29 is 21.6 Å². The number of aryl methyl sites for hydroxylation is 1. The normalized spacial score (nSPS) is 12.1. The molecule has 1 amide bonds. The van der Waals surface area contributed by atoms with Gasteiger partial charge in [-0.15, -0.1) is 0 Å². The van der Waals surface area contributed by atoms with Gasteiger partial charge in [0.15, 0.2) is 0 Å². The molecule has 0 unspecified atom stereocenters. The van der Waals surface area contributed by atoms with Gasteiger partial charge in [-0.1, -0.05) is 17.7 Å². The summed E-state index contributed by atoms with van der Waals surface area (Å²) in [5, 5.41) is 3.07. The summed E-state index contributed by atoms with van der Waals surface area (Å²) in [6.45, 7) is 1.34. The number of amides is 1. The van der Waals surface area contributed by atoms with E-state index in [-0.39, 0.29) is 10.6 Å². The average Bonchev–Trinajstić information content (AvgIpc) is 2.62. The molecule has 8 nitrogen and oxygen atoms in total. The zero-order valence-corrected chi connectivity index (χ0v) is 18.8. The zero-order chi connectivity index (χ0) is 22.0. The zero-order valence-electron chi connectivity index (χ0n) is 16.4. The second-order valence-corrected chi connectivity index (χ2v) is 11.0. The van der Waals surface area contributed by atoms with Crippen molar-refractivity contribution in [3.05, 3.63) is 53.1 Å². The lowest BCUT2D eigenvalue weighted by molar-refractivity contribution is -0.114. The topological polar surface area (TPSA) is 104 Å². The number of benzene rings is 2. The van der Waals surface area contributed by atoms with Gasteiger partial charge in [0, 0.05) is 24.8 Å². The molecule has 2 rings (SSSR count). The van der Waals surface area contributed by atoms with Crippen LogP contribution in [0.4, 0.5) is 11.4 Å². The van der Waals surface area contributed by atoms with Crippen LogP contribution in [0.1, 0.15) is 5.56 Å². The molecule has 11 heteroatoms. The Morgan fingerprint density at radius 1 is 1.03 bits per heavy atom. The van der Waals surface area contributed by atoms with E-state index in [9.17, 15) is 21.6 Å². The molecule has 0 atom stereocenters. The molecule has 0 spiro atoms. The smallest absolute Gasteiger partial charge is 0.245 e. The lowest BCUT2D eigenvalue weighted by Gasteiger charge is -2.22. The van der Waals surface area contributed by atoms with Gasteiger partial charge in [0.05, 0.1) is 16.8 Å². The maximum atomic E-state index is 12.4. The first kappa shape index (κ1) is 23.1. The first-order valence-electron chi connectivity index (χ1n) is 8.38. The van der Waals surface area contributed by atoms with Gasteiger partial charge in [0.1, 0.15) is 6.54 Å². The highest BCUT2D eigenvalue weighted by atomic mass is 35.5. The molecule has 2 aromatic carbocycles. The largest absolute Gasteiger partial charge is 0.324 e. The number of carbonyl (C=O) groups excluding carboxylic acids is 1. The highest BCUT2D eigenvalue weighted by Gasteiger charge is 2.23.